The van der Waals surface area contributed by atoms with Crippen molar-refractivity contribution in [3.05, 3.63) is 10.4 Å². The van der Waals surface area contributed by atoms with Gasteiger partial charge in [0.2, 0.25) is 0 Å². The lowest BCUT2D eigenvalue weighted by Gasteiger charge is -2.18. The molecule has 4 rings (SSSR count). The Labute approximate surface area is 142 Å². The summed E-state index contributed by atoms with van der Waals surface area (Å²) in [5.74, 6) is 1.59. The zero-order chi connectivity index (χ0) is 15.3. The Morgan fingerprint density at radius 1 is 1.32 bits per heavy atom. The van der Waals surface area contributed by atoms with Gasteiger partial charge in [0.15, 0.2) is 16.0 Å². The predicted molar refractivity (Wildman–Crippen MR) is 95.7 cm³/mol. The molecule has 3 aromatic heterocycles. The molecular weight excluding hydrogens is 332 g/mol. The van der Waals surface area contributed by atoms with Crippen molar-refractivity contribution < 1.29 is 0 Å². The highest BCUT2D eigenvalue weighted by atomic mass is 32.2. The van der Waals surface area contributed by atoms with E-state index in [0.29, 0.717) is 5.92 Å². The van der Waals surface area contributed by atoms with Gasteiger partial charge >= 0.3 is 0 Å². The number of thioether (sulfide) groups is 2. The molecule has 0 aliphatic heterocycles. The van der Waals surface area contributed by atoms with Gasteiger partial charge in [-0.15, -0.1) is 21.5 Å². The molecule has 3 aromatic rings. The molecule has 1 aliphatic carbocycles. The lowest BCUT2D eigenvalue weighted by molar-refractivity contribution is 0.602. The smallest absolute Gasteiger partial charge is 0.197 e. The first-order valence-corrected chi connectivity index (χ1v) is 10.6. The van der Waals surface area contributed by atoms with Gasteiger partial charge in [0.05, 0.1) is 5.39 Å². The molecule has 1 unspecified atom stereocenters. The predicted octanol–water partition coefficient (Wildman–Crippen LogP) is 4.61. The molecule has 1 aliphatic rings. The maximum absolute atomic E-state index is 4.93. The van der Waals surface area contributed by atoms with E-state index in [9.17, 15) is 0 Å². The molecule has 0 saturated carbocycles. The first-order chi connectivity index (χ1) is 10.7. The molecule has 0 saturated heterocycles. The third kappa shape index (κ3) is 2.09. The van der Waals surface area contributed by atoms with Crippen LogP contribution in [-0.2, 0) is 6.42 Å². The molecule has 0 fully saturated rings. The summed E-state index contributed by atoms with van der Waals surface area (Å²) in [5, 5.41) is 12.2. The highest BCUT2D eigenvalue weighted by Crippen LogP contribution is 2.43. The summed E-state index contributed by atoms with van der Waals surface area (Å²) in [7, 11) is 0. The van der Waals surface area contributed by atoms with Crippen molar-refractivity contribution in [3.8, 4) is 0 Å². The summed E-state index contributed by atoms with van der Waals surface area (Å²) in [4.78, 5) is 7.57. The number of aromatic nitrogens is 4. The molecule has 0 spiro atoms. The normalized spacial score (nSPS) is 18.2. The zero-order valence-corrected chi connectivity index (χ0v) is 15.4. The minimum Gasteiger partial charge on any atom is -0.248 e. The van der Waals surface area contributed by atoms with Crippen LogP contribution in [0.25, 0.3) is 15.9 Å². The second-order valence-corrected chi connectivity index (χ2v) is 8.67. The van der Waals surface area contributed by atoms with Gasteiger partial charge in [-0.1, -0.05) is 37.4 Å². The fraction of sp³-hybridized carbons (Fsp3) is 0.533. The Balaban J connectivity index is 2.10. The van der Waals surface area contributed by atoms with Crippen molar-refractivity contribution in [2.24, 2.45) is 0 Å². The van der Waals surface area contributed by atoms with Gasteiger partial charge in [0.25, 0.3) is 0 Å². The first-order valence-electron chi connectivity index (χ1n) is 7.61. The topological polar surface area (TPSA) is 43.1 Å². The Morgan fingerprint density at radius 2 is 2.18 bits per heavy atom. The average Bonchev–Trinajstić information content (AvgIpc) is 3.08. The molecule has 0 radical (unpaired) electrons. The van der Waals surface area contributed by atoms with Crippen LogP contribution in [0.5, 0.6) is 0 Å². The molecule has 0 N–H and O–H groups in total. The van der Waals surface area contributed by atoms with Gasteiger partial charge in [-0.25, -0.2) is 9.38 Å². The van der Waals surface area contributed by atoms with Crippen LogP contribution >= 0.6 is 34.9 Å². The van der Waals surface area contributed by atoms with Crippen LogP contribution in [0.3, 0.4) is 0 Å². The van der Waals surface area contributed by atoms with Crippen molar-refractivity contribution in [2.75, 3.05) is 12.0 Å². The van der Waals surface area contributed by atoms with Crippen molar-refractivity contribution in [2.45, 2.75) is 49.3 Å². The molecular formula is C15H18N4S3. The summed E-state index contributed by atoms with van der Waals surface area (Å²) >= 11 is 5.26. The van der Waals surface area contributed by atoms with Crippen LogP contribution in [0.4, 0.5) is 0 Å². The van der Waals surface area contributed by atoms with E-state index in [-0.39, 0.29) is 0 Å². The third-order valence-electron chi connectivity index (χ3n) is 4.24. The highest BCUT2D eigenvalue weighted by Gasteiger charge is 2.26. The van der Waals surface area contributed by atoms with E-state index in [1.165, 1.54) is 35.1 Å². The van der Waals surface area contributed by atoms with Gasteiger partial charge in [-0.3, -0.25) is 0 Å². The maximum Gasteiger partial charge on any atom is 0.197 e. The summed E-state index contributed by atoms with van der Waals surface area (Å²) < 4.78 is 2.15. The quantitative estimate of drug-likeness (QED) is 0.510. The summed E-state index contributed by atoms with van der Waals surface area (Å²) in [6, 6.07) is 0. The summed E-state index contributed by atoms with van der Waals surface area (Å²) in [6.45, 7) is 4.48. The molecule has 3 heterocycles. The molecule has 1 atom stereocenters. The Morgan fingerprint density at radius 3 is 2.95 bits per heavy atom. The SMILES string of the molecule is CCSc1nnc2c3c4c(sc3nc(SC)n12)CCCC4C. The average molecular weight is 351 g/mol. The Hall–Kier alpha value is -0.790. The van der Waals surface area contributed by atoms with E-state index in [4.69, 9.17) is 4.98 Å². The largest absolute Gasteiger partial charge is 0.248 e. The van der Waals surface area contributed by atoms with Gasteiger partial charge in [-0.2, -0.15) is 0 Å². The Kier molecular flexibility index (Phi) is 3.82. The van der Waals surface area contributed by atoms with E-state index >= 15 is 0 Å². The third-order valence-corrected chi connectivity index (χ3v) is 6.85. The summed E-state index contributed by atoms with van der Waals surface area (Å²) in [6.07, 6.45) is 5.81. The van der Waals surface area contributed by atoms with Gasteiger partial charge in [0, 0.05) is 4.88 Å². The van der Waals surface area contributed by atoms with Crippen LogP contribution in [0.1, 0.15) is 43.0 Å². The maximum atomic E-state index is 4.93. The minimum absolute atomic E-state index is 0.599. The Bertz CT molecular complexity index is 852. The minimum atomic E-state index is 0.599. The molecule has 116 valence electrons. The zero-order valence-electron chi connectivity index (χ0n) is 12.9. The molecule has 4 nitrogen and oxygen atoms in total. The second kappa shape index (κ2) is 5.69. The van der Waals surface area contributed by atoms with E-state index in [1.807, 2.05) is 11.3 Å². The number of nitrogens with zero attached hydrogens (tertiary/aromatic N) is 4. The van der Waals surface area contributed by atoms with Crippen LogP contribution in [0, 0.1) is 0 Å². The van der Waals surface area contributed by atoms with E-state index in [2.05, 4.69) is 34.7 Å². The number of hydrogen-bond donors (Lipinski definition) is 0. The number of rotatable bonds is 3. The summed E-state index contributed by atoms with van der Waals surface area (Å²) in [5.41, 5.74) is 2.48. The van der Waals surface area contributed by atoms with E-state index in [0.717, 1.165) is 26.5 Å². The molecule has 22 heavy (non-hydrogen) atoms. The molecule has 0 amide bonds. The van der Waals surface area contributed by atoms with Crippen LogP contribution in [0.15, 0.2) is 10.3 Å². The van der Waals surface area contributed by atoms with Gasteiger partial charge in [0.1, 0.15) is 4.83 Å². The number of fused-ring (bicyclic) bond motifs is 5. The monoisotopic (exact) mass is 350 g/mol. The molecule has 7 heteroatoms. The van der Waals surface area contributed by atoms with Gasteiger partial charge < -0.3 is 0 Å². The fourth-order valence-electron chi connectivity index (χ4n) is 3.29. The van der Waals surface area contributed by atoms with Gasteiger partial charge in [-0.05, 0) is 42.8 Å². The van der Waals surface area contributed by atoms with Crippen molar-refractivity contribution in [3.63, 3.8) is 0 Å². The number of hydrogen-bond acceptors (Lipinski definition) is 6. The van der Waals surface area contributed by atoms with E-state index in [1.54, 1.807) is 23.5 Å². The van der Waals surface area contributed by atoms with Crippen molar-refractivity contribution in [1.29, 1.82) is 0 Å². The lowest BCUT2D eigenvalue weighted by atomic mass is 9.87. The fourth-order valence-corrected chi connectivity index (χ4v) is 5.93. The van der Waals surface area contributed by atoms with Crippen LogP contribution < -0.4 is 0 Å². The number of thiophene rings is 1. The van der Waals surface area contributed by atoms with Crippen LogP contribution in [-0.4, -0.2) is 31.6 Å². The second-order valence-electron chi connectivity index (χ2n) is 5.59. The highest BCUT2D eigenvalue weighted by molar-refractivity contribution is 7.99. The standard InChI is InChI=1S/C15H18N4S3/c1-4-21-15-18-17-12-11-10-8(2)6-5-7-9(10)22-13(11)16-14(20-3)19(12)15/h8H,4-7H2,1-3H3. The van der Waals surface area contributed by atoms with Crippen LogP contribution in [0.2, 0.25) is 0 Å². The first kappa shape index (κ1) is 14.8. The van der Waals surface area contributed by atoms with Crippen molar-refractivity contribution in [1.82, 2.24) is 19.6 Å². The lowest BCUT2D eigenvalue weighted by Crippen LogP contribution is -2.04. The molecule has 0 aromatic carbocycles. The molecule has 0 bridgehead atoms. The van der Waals surface area contributed by atoms with E-state index < -0.39 is 0 Å². The number of aryl methyl sites for hydroxylation is 1. The van der Waals surface area contributed by atoms with Crippen molar-refractivity contribution >= 4 is 50.7 Å².